The Morgan fingerprint density at radius 1 is 1.27 bits per heavy atom. The van der Waals surface area contributed by atoms with Gasteiger partial charge in [-0.15, -0.1) is 10.2 Å². The number of aryl methyl sites for hydroxylation is 1. The Balaban J connectivity index is 1.68. The standard InChI is InChI=1S/C18H15ClFN3O2S/c1-10-7-8-12(19)9-15(10)21-16(24)11(2)26-18-23-22-17(25-18)13-5-3-4-6-14(13)20/h3-9,11H,1-2H3,(H,21,24)/t11-/m1/s1. The van der Waals surface area contributed by atoms with Gasteiger partial charge < -0.3 is 9.73 Å². The van der Waals surface area contributed by atoms with Crippen LogP contribution in [-0.2, 0) is 4.79 Å². The molecular formula is C18H15ClFN3O2S. The van der Waals surface area contributed by atoms with Gasteiger partial charge in [-0.25, -0.2) is 4.39 Å². The summed E-state index contributed by atoms with van der Waals surface area (Å²) in [5.74, 6) is -0.607. The van der Waals surface area contributed by atoms with Crippen LogP contribution in [0.5, 0.6) is 0 Å². The van der Waals surface area contributed by atoms with Gasteiger partial charge >= 0.3 is 0 Å². The maximum Gasteiger partial charge on any atom is 0.277 e. The first-order valence-corrected chi connectivity index (χ1v) is 9.02. The van der Waals surface area contributed by atoms with Crippen LogP contribution in [0.4, 0.5) is 10.1 Å². The monoisotopic (exact) mass is 391 g/mol. The number of thioether (sulfide) groups is 1. The first-order valence-electron chi connectivity index (χ1n) is 7.76. The first kappa shape index (κ1) is 18.4. The van der Waals surface area contributed by atoms with Crippen molar-refractivity contribution >= 4 is 35.0 Å². The molecule has 8 heteroatoms. The van der Waals surface area contributed by atoms with Gasteiger partial charge in [0, 0.05) is 10.7 Å². The lowest BCUT2D eigenvalue weighted by atomic mass is 10.2. The molecule has 0 saturated heterocycles. The molecule has 0 aliphatic heterocycles. The van der Waals surface area contributed by atoms with E-state index in [4.69, 9.17) is 16.0 Å². The summed E-state index contributed by atoms with van der Waals surface area (Å²) in [7, 11) is 0. The molecule has 0 bridgehead atoms. The van der Waals surface area contributed by atoms with E-state index in [1.54, 1.807) is 37.3 Å². The van der Waals surface area contributed by atoms with Crippen molar-refractivity contribution in [1.29, 1.82) is 0 Å². The maximum absolute atomic E-state index is 13.8. The molecular weight excluding hydrogens is 377 g/mol. The zero-order valence-corrected chi connectivity index (χ0v) is 15.6. The highest BCUT2D eigenvalue weighted by Crippen LogP contribution is 2.28. The van der Waals surface area contributed by atoms with Gasteiger partial charge in [0.25, 0.3) is 11.1 Å². The zero-order chi connectivity index (χ0) is 18.7. The van der Waals surface area contributed by atoms with E-state index in [1.807, 2.05) is 13.0 Å². The van der Waals surface area contributed by atoms with Crippen molar-refractivity contribution in [3.8, 4) is 11.5 Å². The lowest BCUT2D eigenvalue weighted by Gasteiger charge is -2.12. The minimum Gasteiger partial charge on any atom is -0.411 e. The van der Waals surface area contributed by atoms with Crippen molar-refractivity contribution in [1.82, 2.24) is 10.2 Å². The van der Waals surface area contributed by atoms with Gasteiger partial charge in [-0.05, 0) is 43.7 Å². The van der Waals surface area contributed by atoms with Gasteiger partial charge in [0.1, 0.15) is 5.82 Å². The maximum atomic E-state index is 13.8. The third-order valence-electron chi connectivity index (χ3n) is 3.62. The summed E-state index contributed by atoms with van der Waals surface area (Å²) in [5, 5.41) is 10.8. The van der Waals surface area contributed by atoms with Crippen molar-refractivity contribution in [3.05, 3.63) is 58.9 Å². The molecule has 5 nitrogen and oxygen atoms in total. The average molecular weight is 392 g/mol. The molecule has 26 heavy (non-hydrogen) atoms. The Labute approximate surface area is 159 Å². The molecule has 0 fully saturated rings. The van der Waals surface area contributed by atoms with Crippen molar-refractivity contribution in [3.63, 3.8) is 0 Å². The molecule has 0 aliphatic rings. The quantitative estimate of drug-likeness (QED) is 0.623. The molecule has 1 atom stereocenters. The van der Waals surface area contributed by atoms with E-state index in [-0.39, 0.29) is 22.6 Å². The summed E-state index contributed by atoms with van der Waals surface area (Å²) in [5.41, 5.74) is 1.77. The summed E-state index contributed by atoms with van der Waals surface area (Å²) >= 11 is 7.06. The number of carbonyl (C=O) groups is 1. The van der Waals surface area contributed by atoms with Crippen LogP contribution in [0.1, 0.15) is 12.5 Å². The zero-order valence-electron chi connectivity index (χ0n) is 14.0. The van der Waals surface area contributed by atoms with Crippen molar-refractivity contribution < 1.29 is 13.6 Å². The first-order chi connectivity index (χ1) is 12.4. The predicted octanol–water partition coefficient (Wildman–Crippen LogP) is 4.96. The van der Waals surface area contributed by atoms with Crippen LogP contribution in [0.2, 0.25) is 5.02 Å². The SMILES string of the molecule is Cc1ccc(Cl)cc1NC(=O)[C@@H](C)Sc1nnc(-c2ccccc2F)o1. The number of amides is 1. The molecule has 1 amide bonds. The highest BCUT2D eigenvalue weighted by molar-refractivity contribution is 8.00. The summed E-state index contributed by atoms with van der Waals surface area (Å²) in [6.45, 7) is 3.59. The van der Waals surface area contributed by atoms with Crippen LogP contribution in [0.25, 0.3) is 11.5 Å². The Morgan fingerprint density at radius 2 is 2.04 bits per heavy atom. The van der Waals surface area contributed by atoms with Crippen LogP contribution in [0, 0.1) is 12.7 Å². The number of carbonyl (C=O) groups excluding carboxylic acids is 1. The van der Waals surface area contributed by atoms with Crippen molar-refractivity contribution in [2.75, 3.05) is 5.32 Å². The largest absolute Gasteiger partial charge is 0.411 e. The topological polar surface area (TPSA) is 68.0 Å². The third kappa shape index (κ3) is 4.23. The second-order valence-corrected chi connectivity index (χ2v) is 7.29. The van der Waals surface area contributed by atoms with E-state index in [0.29, 0.717) is 10.7 Å². The molecule has 3 aromatic rings. The second kappa shape index (κ2) is 7.88. The van der Waals surface area contributed by atoms with E-state index in [9.17, 15) is 9.18 Å². The van der Waals surface area contributed by atoms with Gasteiger partial charge in [-0.2, -0.15) is 0 Å². The number of aromatic nitrogens is 2. The van der Waals surface area contributed by atoms with Gasteiger partial charge in [-0.1, -0.05) is 41.6 Å². The summed E-state index contributed by atoms with van der Waals surface area (Å²) in [6.07, 6.45) is 0. The Hall–Kier alpha value is -2.38. The fourth-order valence-corrected chi connectivity index (χ4v) is 3.02. The van der Waals surface area contributed by atoms with Gasteiger partial charge in [0.05, 0.1) is 10.8 Å². The number of nitrogens with one attached hydrogen (secondary N) is 1. The number of benzene rings is 2. The van der Waals surface area contributed by atoms with Gasteiger partial charge in [-0.3, -0.25) is 4.79 Å². The van der Waals surface area contributed by atoms with E-state index in [0.717, 1.165) is 17.3 Å². The number of anilines is 1. The molecule has 2 aromatic carbocycles. The number of hydrogen-bond acceptors (Lipinski definition) is 5. The Bertz CT molecular complexity index is 948. The number of nitrogens with zero attached hydrogens (tertiary/aromatic N) is 2. The number of halogens is 2. The van der Waals surface area contributed by atoms with Crippen LogP contribution in [0.15, 0.2) is 52.1 Å². The fraction of sp³-hybridized carbons (Fsp3) is 0.167. The van der Waals surface area contributed by atoms with E-state index in [2.05, 4.69) is 15.5 Å². The minimum atomic E-state index is -0.498. The van der Waals surface area contributed by atoms with E-state index >= 15 is 0 Å². The summed E-state index contributed by atoms with van der Waals surface area (Å²) in [4.78, 5) is 12.4. The Kier molecular flexibility index (Phi) is 5.58. The highest BCUT2D eigenvalue weighted by atomic mass is 35.5. The predicted molar refractivity (Wildman–Crippen MR) is 99.8 cm³/mol. The third-order valence-corrected chi connectivity index (χ3v) is 4.78. The lowest BCUT2D eigenvalue weighted by Crippen LogP contribution is -2.22. The molecule has 3 rings (SSSR count). The number of hydrogen-bond donors (Lipinski definition) is 1. The molecule has 0 radical (unpaired) electrons. The van der Waals surface area contributed by atoms with Crippen LogP contribution in [0.3, 0.4) is 0 Å². The average Bonchev–Trinajstić information content (AvgIpc) is 3.06. The molecule has 1 heterocycles. The van der Waals surface area contributed by atoms with Crippen molar-refractivity contribution in [2.45, 2.75) is 24.3 Å². The van der Waals surface area contributed by atoms with Crippen LogP contribution >= 0.6 is 23.4 Å². The Morgan fingerprint density at radius 3 is 2.81 bits per heavy atom. The van der Waals surface area contributed by atoms with Crippen LogP contribution < -0.4 is 5.32 Å². The lowest BCUT2D eigenvalue weighted by molar-refractivity contribution is -0.115. The van der Waals surface area contributed by atoms with Gasteiger partial charge in [0.15, 0.2) is 0 Å². The normalized spacial score (nSPS) is 12.0. The molecule has 0 saturated carbocycles. The molecule has 134 valence electrons. The fourth-order valence-electron chi connectivity index (χ4n) is 2.17. The number of rotatable bonds is 5. The smallest absolute Gasteiger partial charge is 0.277 e. The van der Waals surface area contributed by atoms with Crippen molar-refractivity contribution in [2.24, 2.45) is 0 Å². The summed E-state index contributed by atoms with van der Waals surface area (Å²) < 4.78 is 19.2. The second-order valence-electron chi connectivity index (χ2n) is 5.56. The molecule has 1 aromatic heterocycles. The molecule has 0 spiro atoms. The highest BCUT2D eigenvalue weighted by Gasteiger charge is 2.20. The minimum absolute atomic E-state index is 0.0730. The van der Waals surface area contributed by atoms with Crippen LogP contribution in [-0.4, -0.2) is 21.4 Å². The van der Waals surface area contributed by atoms with E-state index in [1.165, 1.54) is 6.07 Å². The van der Waals surface area contributed by atoms with E-state index < -0.39 is 11.1 Å². The van der Waals surface area contributed by atoms with Gasteiger partial charge in [0.2, 0.25) is 5.91 Å². The molecule has 0 unspecified atom stereocenters. The molecule has 0 aliphatic carbocycles. The summed E-state index contributed by atoms with van der Waals surface area (Å²) in [6, 6.07) is 11.4. The molecule has 1 N–H and O–H groups in total.